The first kappa shape index (κ1) is 32.0. The maximum Gasteiger partial charge on any atom is 0.471 e. The number of hydrogen-bond donors (Lipinski definition) is 2. The van der Waals surface area contributed by atoms with Crippen molar-refractivity contribution in [1.82, 2.24) is 24.6 Å². The van der Waals surface area contributed by atoms with Crippen molar-refractivity contribution in [3.05, 3.63) is 40.1 Å². The number of sulfone groups is 1. The van der Waals surface area contributed by atoms with Gasteiger partial charge in [-0.15, -0.1) is 0 Å². The molecule has 44 heavy (non-hydrogen) atoms. The predicted molar refractivity (Wildman–Crippen MR) is 161 cm³/mol. The lowest BCUT2D eigenvalue weighted by atomic mass is 9.86. The number of likely N-dealkylation sites (tertiary alicyclic amines) is 1. The molecule has 0 atom stereocenters. The number of ether oxygens (including phenoxy) is 1. The fourth-order valence-electron chi connectivity index (χ4n) is 5.03. The van der Waals surface area contributed by atoms with Crippen molar-refractivity contribution < 1.29 is 31.1 Å². The van der Waals surface area contributed by atoms with Crippen molar-refractivity contribution >= 4 is 54.8 Å². The van der Waals surface area contributed by atoms with E-state index in [1.807, 2.05) is 19.1 Å². The van der Waals surface area contributed by atoms with Gasteiger partial charge in [0.05, 0.1) is 27.2 Å². The highest BCUT2D eigenvalue weighted by Gasteiger charge is 2.43. The van der Waals surface area contributed by atoms with Crippen LogP contribution >= 0.6 is 15.9 Å². The molecule has 0 radical (unpaired) electrons. The highest BCUT2D eigenvalue weighted by atomic mass is 79.9. The van der Waals surface area contributed by atoms with Crippen LogP contribution in [0.15, 0.2) is 34.0 Å². The molecule has 1 saturated heterocycles. The zero-order chi connectivity index (χ0) is 32.0. The monoisotopic (exact) mass is 699 g/mol. The first-order valence-corrected chi connectivity index (χ1v) is 16.5. The Morgan fingerprint density at radius 3 is 2.41 bits per heavy atom. The van der Waals surface area contributed by atoms with E-state index >= 15 is 0 Å². The topological polar surface area (TPSA) is 131 Å². The summed E-state index contributed by atoms with van der Waals surface area (Å²) in [5.41, 5.74) is 2.75. The Hall–Kier alpha value is -3.40. The van der Waals surface area contributed by atoms with E-state index in [1.54, 1.807) is 27.1 Å². The molecule has 16 heteroatoms. The van der Waals surface area contributed by atoms with E-state index < -0.39 is 27.2 Å². The molecule has 3 heterocycles. The standard InChI is InChI=1S/C28H33BrF3N7O4S/c1-15(2)44(41,42)25-22(14-38(4)37-25)34-24-20(29)13-33-27(36-24)35-21-11-16(3)19(12-23(21)43-18-5-6-18)17-7-9-39(10-8-17)26(40)28(30,31)32/h11-15,17-18H,5-10H2,1-4H3,(H2,33,34,35,36). The van der Waals surface area contributed by atoms with Crippen molar-refractivity contribution in [3.63, 3.8) is 0 Å². The number of rotatable bonds is 9. The summed E-state index contributed by atoms with van der Waals surface area (Å²) in [6.45, 7) is 5.15. The number of aromatic nitrogens is 4. The quantitative estimate of drug-likeness (QED) is 0.286. The average Bonchev–Trinajstić information content (AvgIpc) is 3.69. The second-order valence-electron chi connectivity index (χ2n) is 11.3. The summed E-state index contributed by atoms with van der Waals surface area (Å²) >= 11 is 3.43. The van der Waals surface area contributed by atoms with Gasteiger partial charge < -0.3 is 20.3 Å². The Labute approximate surface area is 261 Å². The van der Waals surface area contributed by atoms with E-state index in [1.165, 1.54) is 10.9 Å². The van der Waals surface area contributed by atoms with Gasteiger partial charge in [0.1, 0.15) is 5.75 Å². The average molecular weight is 701 g/mol. The Morgan fingerprint density at radius 1 is 1.11 bits per heavy atom. The summed E-state index contributed by atoms with van der Waals surface area (Å²) in [6.07, 6.45) is 0.919. The van der Waals surface area contributed by atoms with Crippen LogP contribution in [0.1, 0.15) is 56.6 Å². The van der Waals surface area contributed by atoms with Crippen LogP contribution in [0, 0.1) is 6.92 Å². The summed E-state index contributed by atoms with van der Waals surface area (Å²) < 4.78 is 72.6. The predicted octanol–water partition coefficient (Wildman–Crippen LogP) is 5.76. The van der Waals surface area contributed by atoms with Gasteiger partial charge in [-0.25, -0.2) is 13.4 Å². The van der Waals surface area contributed by atoms with Gasteiger partial charge in [0, 0.05) is 32.5 Å². The normalized spacial score (nSPS) is 16.3. The van der Waals surface area contributed by atoms with Crippen LogP contribution in [0.2, 0.25) is 0 Å². The SMILES string of the molecule is Cc1cc(Nc2ncc(Br)c(Nc3cn(C)nc3S(=O)(=O)C(C)C)n2)c(OC2CC2)cc1C1CCN(C(=O)C(F)(F)F)CC1. The molecule has 2 aromatic heterocycles. The molecule has 2 N–H and O–H groups in total. The van der Waals surface area contributed by atoms with Gasteiger partial charge in [-0.05, 0) is 91.6 Å². The number of aryl methyl sites for hydroxylation is 2. The molecule has 2 fully saturated rings. The molecule has 5 rings (SSSR count). The van der Waals surface area contributed by atoms with Gasteiger partial charge in [-0.2, -0.15) is 23.3 Å². The van der Waals surface area contributed by atoms with Crippen molar-refractivity contribution in [2.75, 3.05) is 23.7 Å². The largest absolute Gasteiger partial charge is 0.488 e. The molecule has 1 amide bonds. The third kappa shape index (κ3) is 6.95. The second kappa shape index (κ2) is 12.2. The molecule has 0 bridgehead atoms. The molecule has 1 aliphatic heterocycles. The number of nitrogens with one attached hydrogen (secondary N) is 2. The Bertz CT molecular complexity index is 1670. The van der Waals surface area contributed by atoms with Crippen LogP contribution in [0.4, 0.5) is 36.3 Å². The van der Waals surface area contributed by atoms with Crippen LogP contribution in [-0.4, -0.2) is 69.6 Å². The van der Waals surface area contributed by atoms with Gasteiger partial charge in [0.15, 0.2) is 5.82 Å². The lowest BCUT2D eigenvalue weighted by Crippen LogP contribution is -2.45. The Morgan fingerprint density at radius 2 is 1.80 bits per heavy atom. The van der Waals surface area contributed by atoms with E-state index in [2.05, 4.69) is 41.6 Å². The van der Waals surface area contributed by atoms with Crippen LogP contribution in [-0.2, 0) is 21.7 Å². The maximum atomic E-state index is 12.9. The van der Waals surface area contributed by atoms with Gasteiger partial charge in [-0.1, -0.05) is 0 Å². The number of benzene rings is 1. The van der Waals surface area contributed by atoms with E-state index in [0.717, 1.165) is 28.9 Å². The second-order valence-corrected chi connectivity index (χ2v) is 14.6. The van der Waals surface area contributed by atoms with Crippen LogP contribution in [0.3, 0.4) is 0 Å². The highest BCUT2D eigenvalue weighted by Crippen LogP contribution is 2.40. The lowest BCUT2D eigenvalue weighted by molar-refractivity contribution is -0.186. The summed E-state index contributed by atoms with van der Waals surface area (Å²) in [7, 11) is -2.05. The zero-order valence-corrected chi connectivity index (χ0v) is 27.0. The molecule has 3 aromatic rings. The minimum atomic E-state index is -4.88. The molecular weight excluding hydrogens is 667 g/mol. The van der Waals surface area contributed by atoms with Crippen LogP contribution < -0.4 is 15.4 Å². The summed E-state index contributed by atoms with van der Waals surface area (Å²) in [5, 5.41) is 9.66. The minimum Gasteiger partial charge on any atom is -0.488 e. The Balaban J connectivity index is 1.39. The number of alkyl halides is 3. The third-order valence-corrected chi connectivity index (χ3v) is 10.2. The molecule has 1 aromatic carbocycles. The Kier molecular flexibility index (Phi) is 8.86. The number of hydrogen-bond acceptors (Lipinski definition) is 9. The molecular formula is C28H33BrF3N7O4S. The summed E-state index contributed by atoms with van der Waals surface area (Å²) in [6, 6.07) is 3.81. The van der Waals surface area contributed by atoms with E-state index in [0.29, 0.717) is 34.6 Å². The van der Waals surface area contributed by atoms with Crippen LogP contribution in [0.25, 0.3) is 0 Å². The first-order valence-electron chi connectivity index (χ1n) is 14.1. The summed E-state index contributed by atoms with van der Waals surface area (Å²) in [4.78, 5) is 21.5. The summed E-state index contributed by atoms with van der Waals surface area (Å²) in [5.74, 6) is -0.720. The minimum absolute atomic E-state index is 0.0287. The van der Waals surface area contributed by atoms with Crippen LogP contribution in [0.5, 0.6) is 5.75 Å². The molecule has 2 aliphatic rings. The van der Waals surface area contributed by atoms with Crippen molar-refractivity contribution in [1.29, 1.82) is 0 Å². The fourth-order valence-corrected chi connectivity index (χ4v) is 6.42. The molecule has 0 unspecified atom stereocenters. The third-order valence-electron chi connectivity index (χ3n) is 7.58. The highest BCUT2D eigenvalue weighted by molar-refractivity contribution is 9.10. The smallest absolute Gasteiger partial charge is 0.471 e. The number of piperidine rings is 1. The molecule has 1 saturated carbocycles. The zero-order valence-electron chi connectivity index (χ0n) is 24.6. The van der Waals surface area contributed by atoms with Crippen molar-refractivity contribution in [3.8, 4) is 5.75 Å². The van der Waals surface area contributed by atoms with E-state index in [-0.39, 0.29) is 41.8 Å². The number of halogens is 4. The molecule has 238 valence electrons. The molecule has 0 spiro atoms. The first-order chi connectivity index (χ1) is 20.6. The maximum absolute atomic E-state index is 12.9. The molecule has 1 aliphatic carbocycles. The van der Waals surface area contributed by atoms with Crippen molar-refractivity contribution in [2.45, 2.75) is 74.9 Å². The number of nitrogens with zero attached hydrogens (tertiary/aromatic N) is 5. The van der Waals surface area contributed by atoms with E-state index in [9.17, 15) is 26.4 Å². The van der Waals surface area contributed by atoms with E-state index in [4.69, 9.17) is 4.74 Å². The van der Waals surface area contributed by atoms with Gasteiger partial charge in [0.2, 0.25) is 20.8 Å². The lowest BCUT2D eigenvalue weighted by Gasteiger charge is -2.33. The van der Waals surface area contributed by atoms with Gasteiger partial charge >= 0.3 is 12.1 Å². The number of carbonyl (C=O) groups excluding carboxylic acids is 1. The number of carbonyl (C=O) groups is 1. The van der Waals surface area contributed by atoms with Crippen molar-refractivity contribution in [2.24, 2.45) is 7.05 Å². The molecule has 11 nitrogen and oxygen atoms in total. The number of amides is 1. The van der Waals surface area contributed by atoms with Gasteiger partial charge in [-0.3, -0.25) is 9.48 Å². The number of anilines is 4. The van der Waals surface area contributed by atoms with Gasteiger partial charge in [0.25, 0.3) is 0 Å². The fraction of sp³-hybridized carbons (Fsp3) is 0.500.